The van der Waals surface area contributed by atoms with Crippen molar-refractivity contribution in [3.05, 3.63) is 65.4 Å². The number of anilines is 1. The molecule has 2 aromatic carbocycles. The highest BCUT2D eigenvalue weighted by atomic mass is 16.2. The Labute approximate surface area is 150 Å². The zero-order valence-electron chi connectivity index (χ0n) is 14.0. The van der Waals surface area contributed by atoms with Gasteiger partial charge in [-0.05, 0) is 48.9 Å². The predicted molar refractivity (Wildman–Crippen MR) is 98.0 cm³/mol. The third-order valence-corrected chi connectivity index (χ3v) is 4.51. The Bertz CT molecular complexity index is 1060. The molecule has 1 aliphatic heterocycles. The van der Waals surface area contributed by atoms with Crippen LogP contribution in [0.15, 0.2) is 48.5 Å². The smallest absolute Gasteiger partial charge is 0.267 e. The van der Waals surface area contributed by atoms with Crippen molar-refractivity contribution in [1.82, 2.24) is 9.88 Å². The molecular formula is C20H16N4O2. The molecule has 0 spiro atoms. The van der Waals surface area contributed by atoms with Crippen LogP contribution in [0.4, 0.5) is 5.69 Å². The highest BCUT2D eigenvalue weighted by Crippen LogP contribution is 2.24. The Hall–Kier alpha value is -3.59. The maximum absolute atomic E-state index is 12.6. The second-order valence-electron chi connectivity index (χ2n) is 6.21. The molecule has 1 aromatic heterocycles. The zero-order chi connectivity index (χ0) is 18.1. The number of nitrogens with one attached hydrogen (secondary N) is 2. The summed E-state index contributed by atoms with van der Waals surface area (Å²) < 4.78 is 1.97. The monoisotopic (exact) mass is 344 g/mol. The van der Waals surface area contributed by atoms with Gasteiger partial charge in [0, 0.05) is 35.2 Å². The van der Waals surface area contributed by atoms with Gasteiger partial charge in [0.25, 0.3) is 11.8 Å². The molecule has 0 fully saturated rings. The Morgan fingerprint density at radius 3 is 2.73 bits per heavy atom. The molecule has 128 valence electrons. The fraction of sp³-hybridized carbons (Fsp3) is 0.150. The van der Waals surface area contributed by atoms with E-state index in [1.54, 1.807) is 30.3 Å². The summed E-state index contributed by atoms with van der Waals surface area (Å²) in [5.74, 6) is -0.312. The zero-order valence-corrected chi connectivity index (χ0v) is 14.0. The van der Waals surface area contributed by atoms with Gasteiger partial charge < -0.3 is 15.2 Å². The van der Waals surface area contributed by atoms with Crippen LogP contribution in [0.25, 0.3) is 10.9 Å². The standard InChI is InChI=1S/C20H16N4O2/c21-12-13-2-6-16(7-3-13)23-19(25)15-5-4-14-10-18-20(26)22-8-1-9-24(18)17(14)11-15/h2-7,10-11H,1,8-9H2,(H,22,26)(H,23,25). The average Bonchev–Trinajstić information content (AvgIpc) is 2.93. The number of benzene rings is 2. The van der Waals surface area contributed by atoms with Gasteiger partial charge in [0.15, 0.2) is 0 Å². The van der Waals surface area contributed by atoms with E-state index in [1.807, 2.05) is 28.8 Å². The van der Waals surface area contributed by atoms with Gasteiger partial charge >= 0.3 is 0 Å². The number of rotatable bonds is 2. The summed E-state index contributed by atoms with van der Waals surface area (Å²) in [7, 11) is 0. The highest BCUT2D eigenvalue weighted by Gasteiger charge is 2.19. The van der Waals surface area contributed by atoms with Crippen molar-refractivity contribution in [2.45, 2.75) is 13.0 Å². The number of nitriles is 1. The predicted octanol–water partition coefficient (Wildman–Crippen LogP) is 2.90. The number of fused-ring (bicyclic) bond motifs is 3. The van der Waals surface area contributed by atoms with Crippen LogP contribution in [0.1, 0.15) is 32.8 Å². The summed E-state index contributed by atoms with van der Waals surface area (Å²) in [5.41, 5.74) is 3.19. The first-order chi connectivity index (χ1) is 12.7. The molecule has 3 aromatic rings. The molecule has 0 saturated carbocycles. The lowest BCUT2D eigenvalue weighted by Crippen LogP contribution is -2.22. The van der Waals surface area contributed by atoms with Crippen LogP contribution < -0.4 is 10.6 Å². The minimum absolute atomic E-state index is 0.0812. The van der Waals surface area contributed by atoms with Crippen molar-refractivity contribution in [1.29, 1.82) is 5.26 Å². The van der Waals surface area contributed by atoms with E-state index in [-0.39, 0.29) is 11.8 Å². The van der Waals surface area contributed by atoms with Crippen molar-refractivity contribution in [2.75, 3.05) is 11.9 Å². The van der Waals surface area contributed by atoms with E-state index in [0.29, 0.717) is 29.1 Å². The Kier molecular flexibility index (Phi) is 3.90. The van der Waals surface area contributed by atoms with E-state index in [0.717, 1.165) is 23.9 Å². The van der Waals surface area contributed by atoms with Gasteiger partial charge in [-0.25, -0.2) is 0 Å². The topological polar surface area (TPSA) is 86.9 Å². The molecule has 0 saturated heterocycles. The van der Waals surface area contributed by atoms with Crippen LogP contribution in [-0.4, -0.2) is 22.9 Å². The molecule has 26 heavy (non-hydrogen) atoms. The highest BCUT2D eigenvalue weighted by molar-refractivity contribution is 6.07. The van der Waals surface area contributed by atoms with E-state index in [9.17, 15) is 9.59 Å². The molecule has 2 amide bonds. The van der Waals surface area contributed by atoms with Crippen LogP contribution in [0, 0.1) is 11.3 Å². The van der Waals surface area contributed by atoms with Crippen LogP contribution in [-0.2, 0) is 6.54 Å². The molecule has 4 rings (SSSR count). The summed E-state index contributed by atoms with van der Waals surface area (Å²) in [5, 5.41) is 15.5. The maximum atomic E-state index is 12.6. The molecule has 1 aliphatic rings. The molecular weight excluding hydrogens is 328 g/mol. The molecule has 0 atom stereocenters. The number of nitrogens with zero attached hydrogens (tertiary/aromatic N) is 2. The molecule has 2 N–H and O–H groups in total. The lowest BCUT2D eigenvalue weighted by molar-refractivity contribution is 0.0950. The lowest BCUT2D eigenvalue weighted by atomic mass is 10.1. The van der Waals surface area contributed by atoms with E-state index in [4.69, 9.17) is 5.26 Å². The minimum atomic E-state index is -0.231. The first kappa shape index (κ1) is 15.9. The molecule has 0 radical (unpaired) electrons. The van der Waals surface area contributed by atoms with Gasteiger partial charge in [0.2, 0.25) is 0 Å². The first-order valence-electron chi connectivity index (χ1n) is 8.39. The second-order valence-corrected chi connectivity index (χ2v) is 6.21. The number of carbonyl (C=O) groups is 2. The van der Waals surface area contributed by atoms with Gasteiger partial charge in [-0.3, -0.25) is 9.59 Å². The molecule has 0 bridgehead atoms. The van der Waals surface area contributed by atoms with Crippen molar-refractivity contribution in [3.63, 3.8) is 0 Å². The fourth-order valence-corrected chi connectivity index (χ4v) is 3.19. The number of hydrogen-bond acceptors (Lipinski definition) is 3. The summed E-state index contributed by atoms with van der Waals surface area (Å²) in [6.45, 7) is 1.39. The summed E-state index contributed by atoms with van der Waals surface area (Å²) in [6.07, 6.45) is 0.851. The minimum Gasteiger partial charge on any atom is -0.351 e. The van der Waals surface area contributed by atoms with E-state index in [2.05, 4.69) is 10.6 Å². The van der Waals surface area contributed by atoms with Crippen LogP contribution in [0.3, 0.4) is 0 Å². The van der Waals surface area contributed by atoms with Crippen molar-refractivity contribution < 1.29 is 9.59 Å². The number of aromatic nitrogens is 1. The Morgan fingerprint density at radius 1 is 1.15 bits per heavy atom. The summed E-state index contributed by atoms with van der Waals surface area (Å²) in [6, 6.07) is 16.0. The quantitative estimate of drug-likeness (QED) is 0.749. The second kappa shape index (κ2) is 6.37. The Balaban J connectivity index is 1.66. The van der Waals surface area contributed by atoms with Crippen LogP contribution in [0.5, 0.6) is 0 Å². The van der Waals surface area contributed by atoms with Crippen LogP contribution >= 0.6 is 0 Å². The molecule has 6 heteroatoms. The van der Waals surface area contributed by atoms with Crippen molar-refractivity contribution in [3.8, 4) is 6.07 Å². The molecule has 2 heterocycles. The van der Waals surface area contributed by atoms with Crippen molar-refractivity contribution in [2.24, 2.45) is 0 Å². The van der Waals surface area contributed by atoms with E-state index >= 15 is 0 Å². The Morgan fingerprint density at radius 2 is 1.96 bits per heavy atom. The largest absolute Gasteiger partial charge is 0.351 e. The van der Waals surface area contributed by atoms with E-state index in [1.165, 1.54) is 0 Å². The van der Waals surface area contributed by atoms with Gasteiger partial charge in [0.1, 0.15) is 5.69 Å². The van der Waals surface area contributed by atoms with Crippen LogP contribution in [0.2, 0.25) is 0 Å². The maximum Gasteiger partial charge on any atom is 0.267 e. The molecule has 0 unspecified atom stereocenters. The normalized spacial score (nSPS) is 13.4. The fourth-order valence-electron chi connectivity index (χ4n) is 3.19. The first-order valence-corrected chi connectivity index (χ1v) is 8.39. The lowest BCUT2D eigenvalue weighted by Gasteiger charge is -2.08. The third kappa shape index (κ3) is 2.80. The van der Waals surface area contributed by atoms with Crippen molar-refractivity contribution >= 4 is 28.4 Å². The average molecular weight is 344 g/mol. The third-order valence-electron chi connectivity index (χ3n) is 4.51. The summed E-state index contributed by atoms with van der Waals surface area (Å²) in [4.78, 5) is 24.7. The SMILES string of the molecule is N#Cc1ccc(NC(=O)c2ccc3cc4n(c3c2)CCCNC4=O)cc1. The number of hydrogen-bond donors (Lipinski definition) is 2. The summed E-state index contributed by atoms with van der Waals surface area (Å²) >= 11 is 0. The van der Waals surface area contributed by atoms with E-state index < -0.39 is 0 Å². The van der Waals surface area contributed by atoms with Gasteiger partial charge in [-0.15, -0.1) is 0 Å². The number of amides is 2. The number of aryl methyl sites for hydroxylation is 1. The van der Waals surface area contributed by atoms with Gasteiger partial charge in [-0.2, -0.15) is 5.26 Å². The van der Waals surface area contributed by atoms with Gasteiger partial charge in [-0.1, -0.05) is 6.07 Å². The molecule has 0 aliphatic carbocycles. The number of carbonyl (C=O) groups excluding carboxylic acids is 2. The van der Waals surface area contributed by atoms with Gasteiger partial charge in [0.05, 0.1) is 11.6 Å². The molecule has 6 nitrogen and oxygen atoms in total.